The van der Waals surface area contributed by atoms with Crippen LogP contribution in [0.1, 0.15) is 41.0 Å². The Hall–Kier alpha value is -1.79. The van der Waals surface area contributed by atoms with Crippen molar-refractivity contribution in [1.29, 1.82) is 0 Å². The molecule has 0 aromatic rings. The highest BCUT2D eigenvalue weighted by Crippen LogP contribution is 2.11. The fraction of sp³-hybridized carbons (Fsp3) is 0.769. The first-order valence-corrected chi connectivity index (χ1v) is 6.55. The van der Waals surface area contributed by atoms with Gasteiger partial charge < -0.3 is 20.5 Å². The Morgan fingerprint density at radius 2 is 1.80 bits per heavy atom. The molecule has 2 amide bonds. The van der Waals surface area contributed by atoms with E-state index >= 15 is 0 Å². The molecule has 0 heterocycles. The first-order chi connectivity index (χ1) is 9.06. The number of ether oxygens (including phenoxy) is 1. The van der Waals surface area contributed by atoms with Gasteiger partial charge in [-0.1, -0.05) is 20.3 Å². The quantitative estimate of drug-likeness (QED) is 0.679. The zero-order chi connectivity index (χ0) is 15.9. The van der Waals surface area contributed by atoms with Gasteiger partial charge in [-0.25, -0.2) is 4.79 Å². The maximum absolute atomic E-state index is 11.9. The summed E-state index contributed by atoms with van der Waals surface area (Å²) in [4.78, 5) is 34.1. The van der Waals surface area contributed by atoms with Gasteiger partial charge in [0.15, 0.2) is 0 Å². The molecule has 3 N–H and O–H groups in total. The summed E-state index contributed by atoms with van der Waals surface area (Å²) in [5, 5.41) is 13.3. The number of carboxylic acids is 1. The number of hydrogen-bond acceptors (Lipinski definition) is 4. The summed E-state index contributed by atoms with van der Waals surface area (Å²) in [6.45, 7) is 8.34. The van der Waals surface area contributed by atoms with Crippen LogP contribution in [0.15, 0.2) is 0 Å². The van der Waals surface area contributed by atoms with Crippen molar-refractivity contribution in [3.8, 4) is 0 Å². The molecule has 0 aliphatic carbocycles. The highest BCUT2D eigenvalue weighted by molar-refractivity contribution is 5.88. The molecule has 0 fully saturated rings. The van der Waals surface area contributed by atoms with Gasteiger partial charge in [0.25, 0.3) is 0 Å². The Balaban J connectivity index is 4.68. The van der Waals surface area contributed by atoms with Gasteiger partial charge in [0, 0.05) is 0 Å². The third-order valence-corrected chi connectivity index (χ3v) is 2.58. The number of carbonyl (C=O) groups is 3. The number of carboxylic acid groups (broad SMARTS) is 1. The van der Waals surface area contributed by atoms with E-state index in [1.165, 1.54) is 0 Å². The lowest BCUT2D eigenvalue weighted by Gasteiger charge is -2.26. The van der Waals surface area contributed by atoms with Crippen LogP contribution < -0.4 is 10.6 Å². The monoisotopic (exact) mass is 288 g/mol. The maximum Gasteiger partial charge on any atom is 0.408 e. The van der Waals surface area contributed by atoms with Gasteiger partial charge in [-0.15, -0.1) is 0 Å². The van der Waals surface area contributed by atoms with E-state index in [0.29, 0.717) is 6.42 Å². The summed E-state index contributed by atoms with van der Waals surface area (Å²) in [6, 6.07) is -0.825. The van der Waals surface area contributed by atoms with Crippen LogP contribution in [-0.4, -0.2) is 41.3 Å². The van der Waals surface area contributed by atoms with Gasteiger partial charge in [0.2, 0.25) is 5.91 Å². The SMILES string of the molecule is CC[C@H](C)[C@@H](NC(=O)OC(C)(C)C)C(=O)NCC(=O)O. The van der Waals surface area contributed by atoms with E-state index in [9.17, 15) is 14.4 Å². The molecule has 0 radical (unpaired) electrons. The molecule has 0 saturated carbocycles. The van der Waals surface area contributed by atoms with Gasteiger partial charge in [0.1, 0.15) is 18.2 Å². The van der Waals surface area contributed by atoms with Crippen molar-refractivity contribution in [2.75, 3.05) is 6.54 Å². The smallest absolute Gasteiger partial charge is 0.408 e. The van der Waals surface area contributed by atoms with Crippen LogP contribution in [0.25, 0.3) is 0 Å². The summed E-state index contributed by atoms with van der Waals surface area (Å²) in [5.41, 5.74) is -0.665. The van der Waals surface area contributed by atoms with Crippen LogP contribution >= 0.6 is 0 Å². The molecule has 0 rings (SSSR count). The van der Waals surface area contributed by atoms with E-state index in [2.05, 4.69) is 10.6 Å². The van der Waals surface area contributed by atoms with Crippen LogP contribution in [-0.2, 0) is 14.3 Å². The van der Waals surface area contributed by atoms with Crippen molar-refractivity contribution in [2.24, 2.45) is 5.92 Å². The maximum atomic E-state index is 11.9. The van der Waals surface area contributed by atoms with Crippen molar-refractivity contribution in [1.82, 2.24) is 10.6 Å². The summed E-state index contributed by atoms with van der Waals surface area (Å²) in [7, 11) is 0. The second kappa shape index (κ2) is 7.72. The molecule has 116 valence electrons. The van der Waals surface area contributed by atoms with Crippen LogP contribution in [0, 0.1) is 5.92 Å². The minimum absolute atomic E-state index is 0.142. The molecule has 0 unspecified atom stereocenters. The summed E-state index contributed by atoms with van der Waals surface area (Å²) in [6.07, 6.45) is -0.0469. The lowest BCUT2D eigenvalue weighted by molar-refractivity contribution is -0.138. The second-order valence-electron chi connectivity index (χ2n) is 5.62. The van der Waals surface area contributed by atoms with Gasteiger partial charge in [0.05, 0.1) is 0 Å². The number of hydrogen-bond donors (Lipinski definition) is 3. The third kappa shape index (κ3) is 7.60. The molecule has 7 nitrogen and oxygen atoms in total. The molecule has 0 bridgehead atoms. The van der Waals surface area contributed by atoms with E-state index in [0.717, 1.165) is 0 Å². The molecular weight excluding hydrogens is 264 g/mol. The second-order valence-corrected chi connectivity index (χ2v) is 5.62. The molecule has 0 aromatic carbocycles. The highest BCUT2D eigenvalue weighted by Gasteiger charge is 2.28. The topological polar surface area (TPSA) is 105 Å². The highest BCUT2D eigenvalue weighted by atomic mass is 16.6. The van der Waals surface area contributed by atoms with Crippen LogP contribution in [0.5, 0.6) is 0 Å². The molecule has 0 aliphatic heterocycles. The zero-order valence-corrected chi connectivity index (χ0v) is 12.6. The lowest BCUT2D eigenvalue weighted by atomic mass is 9.98. The summed E-state index contributed by atoms with van der Waals surface area (Å²) in [5.74, 6) is -1.82. The molecule has 20 heavy (non-hydrogen) atoms. The first-order valence-electron chi connectivity index (χ1n) is 6.55. The number of aliphatic carboxylic acids is 1. The first kappa shape index (κ1) is 18.2. The Morgan fingerprint density at radius 3 is 2.20 bits per heavy atom. The standard InChI is InChI=1S/C13H24N2O5/c1-6-8(2)10(11(18)14-7-9(16)17)15-12(19)20-13(3,4)5/h8,10H,6-7H2,1-5H3,(H,14,18)(H,15,19)(H,16,17)/t8-,10+/m0/s1. The minimum Gasteiger partial charge on any atom is -0.480 e. The van der Waals surface area contributed by atoms with Crippen molar-refractivity contribution < 1.29 is 24.2 Å². The Bertz CT molecular complexity index is 362. The van der Waals surface area contributed by atoms with Gasteiger partial charge in [-0.05, 0) is 26.7 Å². The van der Waals surface area contributed by atoms with E-state index < -0.39 is 36.2 Å². The minimum atomic E-state index is -1.14. The predicted molar refractivity (Wildman–Crippen MR) is 73.3 cm³/mol. The zero-order valence-electron chi connectivity index (χ0n) is 12.6. The number of rotatable bonds is 6. The molecule has 2 atom stereocenters. The van der Waals surface area contributed by atoms with Crippen molar-refractivity contribution in [2.45, 2.75) is 52.7 Å². The molecule has 0 saturated heterocycles. The van der Waals surface area contributed by atoms with E-state index in [4.69, 9.17) is 9.84 Å². The average Bonchev–Trinajstić information content (AvgIpc) is 2.29. The van der Waals surface area contributed by atoms with Crippen LogP contribution in [0.2, 0.25) is 0 Å². The fourth-order valence-corrected chi connectivity index (χ4v) is 1.41. The molecule has 0 spiro atoms. The Morgan fingerprint density at radius 1 is 1.25 bits per heavy atom. The van der Waals surface area contributed by atoms with Gasteiger partial charge in [-0.3, -0.25) is 9.59 Å². The number of carbonyl (C=O) groups excluding carboxylic acids is 2. The summed E-state index contributed by atoms with van der Waals surface area (Å²) < 4.78 is 5.09. The molecule has 0 aliphatic rings. The lowest BCUT2D eigenvalue weighted by Crippen LogP contribution is -2.52. The van der Waals surface area contributed by atoms with Crippen LogP contribution in [0.4, 0.5) is 4.79 Å². The normalized spacial score (nSPS) is 14.1. The van der Waals surface area contributed by atoms with E-state index in [-0.39, 0.29) is 5.92 Å². The number of alkyl carbamates (subject to hydrolysis) is 1. The molecule has 0 aromatic heterocycles. The van der Waals surface area contributed by atoms with Gasteiger partial charge >= 0.3 is 12.1 Å². The van der Waals surface area contributed by atoms with E-state index in [1.54, 1.807) is 27.7 Å². The fourth-order valence-electron chi connectivity index (χ4n) is 1.41. The Kier molecular flexibility index (Phi) is 7.02. The number of amides is 2. The largest absolute Gasteiger partial charge is 0.480 e. The third-order valence-electron chi connectivity index (χ3n) is 2.58. The predicted octanol–water partition coefficient (Wildman–Crippen LogP) is 1.13. The average molecular weight is 288 g/mol. The molecular formula is C13H24N2O5. The van der Waals surface area contributed by atoms with Crippen molar-refractivity contribution in [3.63, 3.8) is 0 Å². The van der Waals surface area contributed by atoms with Crippen molar-refractivity contribution in [3.05, 3.63) is 0 Å². The van der Waals surface area contributed by atoms with Crippen LogP contribution in [0.3, 0.4) is 0 Å². The Labute approximate surface area is 119 Å². The van der Waals surface area contributed by atoms with Crippen molar-refractivity contribution >= 4 is 18.0 Å². The van der Waals surface area contributed by atoms with E-state index in [1.807, 2.05) is 6.92 Å². The van der Waals surface area contributed by atoms with Gasteiger partial charge in [-0.2, -0.15) is 0 Å². The summed E-state index contributed by atoms with van der Waals surface area (Å²) >= 11 is 0. The molecule has 7 heteroatoms. The number of nitrogens with one attached hydrogen (secondary N) is 2.